The molecule has 0 radical (unpaired) electrons. The maximum Gasteiger partial charge on any atom is 1.00 e. The molecule has 0 saturated carbocycles. The van der Waals surface area contributed by atoms with Crippen molar-refractivity contribution in [2.45, 2.75) is 0 Å². The fourth-order valence-corrected chi connectivity index (χ4v) is 1.78. The number of fused-ring (bicyclic) bond motifs is 1. The zero-order valence-corrected chi connectivity index (χ0v) is 10.8. The Balaban J connectivity index is 0.00000112. The number of ketones is 2. The van der Waals surface area contributed by atoms with E-state index in [0.717, 1.165) is 6.08 Å². The predicted molar refractivity (Wildman–Crippen MR) is 52.1 cm³/mol. The van der Waals surface area contributed by atoms with Crippen molar-refractivity contribution in [1.29, 1.82) is 0 Å². The summed E-state index contributed by atoms with van der Waals surface area (Å²) in [6.45, 7) is 0. The Morgan fingerprint density at radius 1 is 1.07 bits per heavy atom. The second-order valence-electron chi connectivity index (χ2n) is 2.83. The number of allylic oxidation sites excluding steroid dienone is 1. The predicted octanol–water partition coefficient (Wildman–Crippen LogP) is -1.34. The van der Waals surface area contributed by atoms with E-state index in [2.05, 4.69) is 0 Å². The van der Waals surface area contributed by atoms with Crippen molar-refractivity contribution >= 4 is 28.5 Å². The van der Waals surface area contributed by atoms with Gasteiger partial charge in [0.2, 0.25) is 11.6 Å². The standard InChI is InChI=1S/C10H6O3S.Na/c11-8-5-9(14-13)6-3-1-2-4-7(6)10(8)12;/h1-5,13H;/q;+1/p-1. The van der Waals surface area contributed by atoms with Crippen LogP contribution in [0.15, 0.2) is 30.3 Å². The summed E-state index contributed by atoms with van der Waals surface area (Å²) in [6, 6.07) is 6.61. The molecule has 0 aromatic heterocycles. The van der Waals surface area contributed by atoms with Gasteiger partial charge < -0.3 is 4.55 Å². The molecule has 0 saturated heterocycles. The van der Waals surface area contributed by atoms with Crippen molar-refractivity contribution in [3.63, 3.8) is 0 Å². The van der Waals surface area contributed by atoms with Gasteiger partial charge in [0.05, 0.1) is 0 Å². The maximum absolute atomic E-state index is 11.4. The summed E-state index contributed by atoms with van der Waals surface area (Å²) < 4.78 is 10.7. The molecule has 1 aromatic carbocycles. The number of hydrogen-bond acceptors (Lipinski definition) is 4. The third-order valence-electron chi connectivity index (χ3n) is 2.01. The minimum absolute atomic E-state index is 0. The summed E-state index contributed by atoms with van der Waals surface area (Å²) in [7, 11) is 0. The van der Waals surface area contributed by atoms with Crippen LogP contribution in [-0.4, -0.2) is 16.1 Å². The average Bonchev–Trinajstić information content (AvgIpc) is 2.23. The van der Waals surface area contributed by atoms with Crippen LogP contribution in [0.4, 0.5) is 0 Å². The van der Waals surface area contributed by atoms with E-state index in [0.29, 0.717) is 16.0 Å². The monoisotopic (exact) mass is 228 g/mol. The van der Waals surface area contributed by atoms with Gasteiger partial charge in [-0.15, -0.1) is 0 Å². The van der Waals surface area contributed by atoms with Crippen molar-refractivity contribution in [2.75, 3.05) is 0 Å². The van der Waals surface area contributed by atoms with E-state index >= 15 is 0 Å². The quantitative estimate of drug-likeness (QED) is 0.339. The molecule has 2 rings (SSSR count). The van der Waals surface area contributed by atoms with Crippen LogP contribution in [0.2, 0.25) is 0 Å². The van der Waals surface area contributed by atoms with E-state index in [1.54, 1.807) is 24.3 Å². The van der Waals surface area contributed by atoms with E-state index in [4.69, 9.17) is 0 Å². The van der Waals surface area contributed by atoms with Crippen LogP contribution in [0.1, 0.15) is 15.9 Å². The molecule has 0 atom stereocenters. The first-order valence-corrected chi connectivity index (χ1v) is 4.68. The third kappa shape index (κ3) is 2.24. The molecule has 70 valence electrons. The van der Waals surface area contributed by atoms with Gasteiger partial charge >= 0.3 is 29.6 Å². The Kier molecular flexibility index (Phi) is 4.31. The largest absolute Gasteiger partial charge is 1.00 e. The third-order valence-corrected chi connectivity index (χ3v) is 2.53. The van der Waals surface area contributed by atoms with Gasteiger partial charge in [0.25, 0.3) is 0 Å². The van der Waals surface area contributed by atoms with Crippen LogP contribution in [-0.2, 0) is 4.79 Å². The molecule has 1 aliphatic rings. The number of carbonyl (C=O) groups excluding carboxylic acids is 2. The van der Waals surface area contributed by atoms with Crippen LogP contribution in [0.3, 0.4) is 0 Å². The number of hydrogen-bond donors (Lipinski definition) is 0. The Hall–Kier alpha value is -0.390. The molecular weight excluding hydrogens is 223 g/mol. The first-order valence-electron chi connectivity index (χ1n) is 3.93. The van der Waals surface area contributed by atoms with E-state index < -0.39 is 11.6 Å². The Morgan fingerprint density at radius 2 is 1.67 bits per heavy atom. The molecule has 1 aromatic rings. The molecular formula is C10H5NaO3S. The van der Waals surface area contributed by atoms with Gasteiger partial charge in [0.15, 0.2) is 0 Å². The molecule has 0 fully saturated rings. The summed E-state index contributed by atoms with van der Waals surface area (Å²) >= 11 is 0.232. The van der Waals surface area contributed by atoms with Crippen LogP contribution < -0.4 is 29.6 Å². The van der Waals surface area contributed by atoms with E-state index in [-0.39, 0.29) is 41.6 Å². The van der Waals surface area contributed by atoms with Gasteiger partial charge in [-0.3, -0.25) is 9.59 Å². The second kappa shape index (κ2) is 5.09. The van der Waals surface area contributed by atoms with Crippen molar-refractivity contribution in [3.8, 4) is 0 Å². The molecule has 0 heterocycles. The first-order chi connectivity index (χ1) is 6.74. The first kappa shape index (κ1) is 12.7. The number of rotatable bonds is 1. The molecule has 0 unspecified atom stereocenters. The fourth-order valence-electron chi connectivity index (χ4n) is 1.36. The molecule has 3 nitrogen and oxygen atoms in total. The Bertz CT molecular complexity index is 454. The molecule has 0 aliphatic heterocycles. The minimum Gasteiger partial charge on any atom is -0.795 e. The van der Waals surface area contributed by atoms with Gasteiger partial charge in [-0.2, -0.15) is 0 Å². The maximum atomic E-state index is 11.4. The zero-order valence-electron chi connectivity index (χ0n) is 8.02. The molecule has 0 amide bonds. The van der Waals surface area contributed by atoms with Crippen LogP contribution in [0, 0.1) is 0 Å². The van der Waals surface area contributed by atoms with Gasteiger partial charge in [0.1, 0.15) is 0 Å². The zero-order chi connectivity index (χ0) is 10.1. The smallest absolute Gasteiger partial charge is 0.795 e. The van der Waals surface area contributed by atoms with Gasteiger partial charge in [-0.1, -0.05) is 24.3 Å². The van der Waals surface area contributed by atoms with E-state index in [9.17, 15) is 14.1 Å². The van der Waals surface area contributed by atoms with Crippen molar-refractivity contribution in [1.82, 2.24) is 0 Å². The molecule has 5 heteroatoms. The molecule has 0 N–H and O–H groups in total. The Labute approximate surface area is 113 Å². The summed E-state index contributed by atoms with van der Waals surface area (Å²) in [5.41, 5.74) is 0.871. The van der Waals surface area contributed by atoms with E-state index in [1.807, 2.05) is 0 Å². The Morgan fingerprint density at radius 3 is 2.27 bits per heavy atom. The normalized spacial score (nSPS) is 14.1. The average molecular weight is 228 g/mol. The second-order valence-corrected chi connectivity index (χ2v) is 3.44. The number of carbonyl (C=O) groups is 2. The number of benzene rings is 1. The van der Waals surface area contributed by atoms with Gasteiger partial charge in [-0.05, 0) is 5.56 Å². The fraction of sp³-hybridized carbons (Fsp3) is 0. The van der Waals surface area contributed by atoms with Crippen LogP contribution >= 0.6 is 12.0 Å². The van der Waals surface area contributed by atoms with E-state index in [1.165, 1.54) is 0 Å². The van der Waals surface area contributed by atoms with Crippen molar-refractivity contribution < 1.29 is 43.7 Å². The minimum atomic E-state index is -0.623. The SMILES string of the molecule is O=C1C=C(S[O-])c2ccccc2C1=O.[Na+]. The topological polar surface area (TPSA) is 57.2 Å². The molecule has 15 heavy (non-hydrogen) atoms. The summed E-state index contributed by atoms with van der Waals surface area (Å²) in [4.78, 5) is 22.8. The summed E-state index contributed by atoms with van der Waals surface area (Å²) in [6.07, 6.45) is 1.10. The van der Waals surface area contributed by atoms with Gasteiger partial charge in [0, 0.05) is 16.5 Å². The molecule has 0 spiro atoms. The summed E-state index contributed by atoms with van der Waals surface area (Å²) in [5, 5.41) is 0. The van der Waals surface area contributed by atoms with Crippen molar-refractivity contribution in [3.05, 3.63) is 41.5 Å². The number of Topliss-reactive ketones (excluding diaryl/α,β-unsaturated/α-hetero) is 1. The van der Waals surface area contributed by atoms with Crippen LogP contribution in [0.5, 0.6) is 0 Å². The molecule has 0 bridgehead atoms. The van der Waals surface area contributed by atoms with Crippen molar-refractivity contribution in [2.24, 2.45) is 0 Å². The van der Waals surface area contributed by atoms with Crippen LogP contribution in [0.25, 0.3) is 4.91 Å². The summed E-state index contributed by atoms with van der Waals surface area (Å²) in [5.74, 6) is -1.17. The van der Waals surface area contributed by atoms with Gasteiger partial charge in [-0.25, -0.2) is 12.0 Å². The molecule has 1 aliphatic carbocycles.